The molecule has 0 saturated carbocycles. The van der Waals surface area contributed by atoms with E-state index in [1.165, 1.54) is 0 Å². The van der Waals surface area contributed by atoms with Crippen LogP contribution in [0.5, 0.6) is 0 Å². The zero-order chi connectivity index (χ0) is 23.0. The number of benzene rings is 1. The van der Waals surface area contributed by atoms with Crippen LogP contribution in [-0.2, 0) is 4.74 Å². The first-order valence-electron chi connectivity index (χ1n) is 10.2. The Morgan fingerprint density at radius 3 is 2.47 bits per heavy atom. The summed E-state index contributed by atoms with van der Waals surface area (Å²) in [4.78, 5) is 22.0. The Morgan fingerprint density at radius 2 is 1.88 bits per heavy atom. The predicted molar refractivity (Wildman–Crippen MR) is 121 cm³/mol. The van der Waals surface area contributed by atoms with Crippen LogP contribution >= 0.6 is 0 Å². The summed E-state index contributed by atoms with van der Waals surface area (Å²) in [5.41, 5.74) is 8.88. The summed E-state index contributed by atoms with van der Waals surface area (Å²) in [6, 6.07) is 9.62. The van der Waals surface area contributed by atoms with Crippen molar-refractivity contribution in [3.63, 3.8) is 0 Å². The number of nitrogens with one attached hydrogen (secondary N) is 1. The highest BCUT2D eigenvalue weighted by atomic mass is 16.6. The number of nitrogens with two attached hydrogens (primary N) is 1. The molecule has 3 N–H and O–H groups in total. The zero-order valence-electron chi connectivity index (χ0n) is 18.6. The molecule has 0 bridgehead atoms. The standard InChI is InChI=1S/C22H25N7O3/c1-12(2)29-18-14(25-21(30)31-22(3,4)5)11-24-15(13-9-7-6-8-10-13)16(18)26-20(29)17-19(23)28-32-27-17/h6-12H,1-5H3,(H2,23,28)(H,25,30). The number of carbonyl (C=O) groups excluding carboxylic acids is 1. The Labute approximate surface area is 184 Å². The van der Waals surface area contributed by atoms with Gasteiger partial charge in [0.05, 0.1) is 23.1 Å². The number of fused-ring (bicyclic) bond motifs is 1. The maximum Gasteiger partial charge on any atom is 0.412 e. The monoisotopic (exact) mass is 435 g/mol. The molecule has 3 aromatic heterocycles. The van der Waals surface area contributed by atoms with Crippen molar-refractivity contribution in [2.45, 2.75) is 46.3 Å². The van der Waals surface area contributed by atoms with Crippen molar-refractivity contribution in [2.75, 3.05) is 11.1 Å². The minimum absolute atomic E-state index is 0.0590. The number of imidazole rings is 1. The molecule has 166 valence electrons. The van der Waals surface area contributed by atoms with Crippen LogP contribution in [-0.4, -0.2) is 36.5 Å². The van der Waals surface area contributed by atoms with Crippen molar-refractivity contribution < 1.29 is 14.2 Å². The largest absolute Gasteiger partial charge is 0.444 e. The summed E-state index contributed by atoms with van der Waals surface area (Å²) in [7, 11) is 0. The highest BCUT2D eigenvalue weighted by Gasteiger charge is 2.26. The van der Waals surface area contributed by atoms with E-state index in [0.29, 0.717) is 33.9 Å². The van der Waals surface area contributed by atoms with Gasteiger partial charge in [-0.3, -0.25) is 10.3 Å². The molecule has 0 aliphatic heterocycles. The molecule has 0 aliphatic carbocycles. The first-order chi connectivity index (χ1) is 15.2. The molecule has 1 amide bonds. The Hall–Kier alpha value is -3.95. The molecule has 0 unspecified atom stereocenters. The molecule has 10 nitrogen and oxygen atoms in total. The van der Waals surface area contributed by atoms with E-state index in [-0.39, 0.29) is 11.9 Å². The lowest BCUT2D eigenvalue weighted by atomic mass is 10.1. The second-order valence-corrected chi connectivity index (χ2v) is 8.61. The summed E-state index contributed by atoms with van der Waals surface area (Å²) >= 11 is 0. The minimum Gasteiger partial charge on any atom is -0.444 e. The molecule has 3 heterocycles. The number of hydrogen-bond acceptors (Lipinski definition) is 8. The lowest BCUT2D eigenvalue weighted by molar-refractivity contribution is 0.0636. The molecular weight excluding hydrogens is 410 g/mol. The van der Waals surface area contributed by atoms with E-state index in [4.69, 9.17) is 20.1 Å². The third-order valence-corrected chi connectivity index (χ3v) is 4.64. The van der Waals surface area contributed by atoms with Gasteiger partial charge < -0.3 is 15.0 Å². The van der Waals surface area contributed by atoms with Gasteiger partial charge in [-0.1, -0.05) is 30.3 Å². The van der Waals surface area contributed by atoms with Crippen LogP contribution in [0.4, 0.5) is 16.3 Å². The zero-order valence-corrected chi connectivity index (χ0v) is 18.6. The van der Waals surface area contributed by atoms with Crippen LogP contribution in [0.3, 0.4) is 0 Å². The van der Waals surface area contributed by atoms with Crippen LogP contribution in [0.1, 0.15) is 40.7 Å². The highest BCUT2D eigenvalue weighted by Crippen LogP contribution is 2.37. The van der Waals surface area contributed by atoms with Crippen LogP contribution in [0.2, 0.25) is 0 Å². The van der Waals surface area contributed by atoms with E-state index < -0.39 is 11.7 Å². The summed E-state index contributed by atoms with van der Waals surface area (Å²) in [5.74, 6) is 0.587. The minimum atomic E-state index is -0.648. The van der Waals surface area contributed by atoms with Gasteiger partial charge >= 0.3 is 6.09 Å². The maximum atomic E-state index is 12.5. The molecule has 4 aromatic rings. The normalized spacial score (nSPS) is 11.8. The van der Waals surface area contributed by atoms with E-state index in [0.717, 1.165) is 5.56 Å². The van der Waals surface area contributed by atoms with Gasteiger partial charge in [0, 0.05) is 11.6 Å². The number of carbonyl (C=O) groups is 1. The highest BCUT2D eigenvalue weighted by molar-refractivity contribution is 6.03. The van der Waals surface area contributed by atoms with Crippen LogP contribution < -0.4 is 11.1 Å². The van der Waals surface area contributed by atoms with Gasteiger partial charge in [0.15, 0.2) is 17.3 Å². The second-order valence-electron chi connectivity index (χ2n) is 8.61. The van der Waals surface area contributed by atoms with Gasteiger partial charge in [0.1, 0.15) is 11.1 Å². The van der Waals surface area contributed by atoms with Gasteiger partial charge in [0.2, 0.25) is 0 Å². The molecule has 0 aliphatic rings. The fraction of sp³-hybridized carbons (Fsp3) is 0.318. The van der Waals surface area contributed by atoms with E-state index in [2.05, 4.69) is 20.6 Å². The fourth-order valence-corrected chi connectivity index (χ4v) is 3.44. The first-order valence-corrected chi connectivity index (χ1v) is 10.2. The van der Waals surface area contributed by atoms with E-state index in [9.17, 15) is 4.79 Å². The average molecular weight is 435 g/mol. The summed E-state index contributed by atoms with van der Waals surface area (Å²) in [5, 5.41) is 10.4. The van der Waals surface area contributed by atoms with Gasteiger partial charge in [-0.05, 0) is 44.9 Å². The average Bonchev–Trinajstić information content (AvgIpc) is 3.31. The Bertz CT molecular complexity index is 1270. The molecule has 0 spiro atoms. The third-order valence-electron chi connectivity index (χ3n) is 4.64. The van der Waals surface area contributed by atoms with Gasteiger partial charge in [-0.25, -0.2) is 14.4 Å². The molecule has 32 heavy (non-hydrogen) atoms. The van der Waals surface area contributed by atoms with Crippen LogP contribution in [0, 0.1) is 0 Å². The van der Waals surface area contributed by atoms with Crippen molar-refractivity contribution in [1.29, 1.82) is 0 Å². The number of aromatic nitrogens is 5. The van der Waals surface area contributed by atoms with E-state index in [1.54, 1.807) is 27.0 Å². The number of nitrogens with zero attached hydrogens (tertiary/aromatic N) is 5. The maximum absolute atomic E-state index is 12.5. The topological polar surface area (TPSA) is 134 Å². The van der Waals surface area contributed by atoms with Crippen LogP contribution in [0.15, 0.2) is 41.2 Å². The molecule has 1 aromatic carbocycles. The molecule has 0 radical (unpaired) electrons. The van der Waals surface area contributed by atoms with Gasteiger partial charge in [0.25, 0.3) is 0 Å². The molecule has 0 fully saturated rings. The number of rotatable bonds is 4. The summed E-state index contributed by atoms with van der Waals surface area (Å²) in [6.45, 7) is 9.39. The number of amides is 1. The summed E-state index contributed by atoms with van der Waals surface area (Å²) < 4.78 is 12.2. The second kappa shape index (κ2) is 7.95. The Balaban J connectivity index is 1.98. The number of ether oxygens (including phenoxy) is 1. The van der Waals surface area contributed by atoms with Crippen molar-refractivity contribution in [2.24, 2.45) is 0 Å². The van der Waals surface area contributed by atoms with Crippen molar-refractivity contribution in [3.05, 3.63) is 36.5 Å². The third kappa shape index (κ3) is 3.98. The first kappa shape index (κ1) is 21.3. The smallest absolute Gasteiger partial charge is 0.412 e. The van der Waals surface area contributed by atoms with E-state index >= 15 is 0 Å². The Kier molecular flexibility index (Phi) is 5.29. The Morgan fingerprint density at radius 1 is 1.16 bits per heavy atom. The number of anilines is 2. The lowest BCUT2D eigenvalue weighted by Gasteiger charge is -2.20. The van der Waals surface area contributed by atoms with Gasteiger partial charge in [-0.2, -0.15) is 0 Å². The molecular formula is C22H25N7O3. The molecule has 0 saturated heterocycles. The fourth-order valence-electron chi connectivity index (χ4n) is 3.44. The molecule has 4 rings (SSSR count). The number of hydrogen-bond donors (Lipinski definition) is 2. The van der Waals surface area contributed by atoms with Crippen molar-refractivity contribution in [3.8, 4) is 22.8 Å². The van der Waals surface area contributed by atoms with E-state index in [1.807, 2.05) is 48.7 Å². The summed E-state index contributed by atoms with van der Waals surface area (Å²) in [6.07, 6.45) is 1.01. The quantitative estimate of drug-likeness (QED) is 0.473. The van der Waals surface area contributed by atoms with Crippen molar-refractivity contribution in [1.82, 2.24) is 24.8 Å². The van der Waals surface area contributed by atoms with Gasteiger partial charge in [-0.15, -0.1) is 0 Å². The molecule has 0 atom stereocenters. The SMILES string of the molecule is CC(C)n1c(-c2nonc2N)nc2c(-c3ccccc3)ncc(NC(=O)OC(C)(C)C)c21. The molecule has 10 heteroatoms. The van der Waals surface area contributed by atoms with Crippen LogP contribution in [0.25, 0.3) is 33.8 Å². The predicted octanol–water partition coefficient (Wildman–Crippen LogP) is 4.66. The lowest BCUT2D eigenvalue weighted by Crippen LogP contribution is -2.27. The number of nitrogen functional groups attached to an aromatic ring is 1. The van der Waals surface area contributed by atoms with Crippen molar-refractivity contribution >= 4 is 28.6 Å². The number of pyridine rings is 1.